The molecular weight excluding hydrogens is 380 g/mol. The minimum Gasteiger partial charge on any atom is -0.497 e. The summed E-state index contributed by atoms with van der Waals surface area (Å²) in [6.45, 7) is 1.55. The lowest BCUT2D eigenvalue weighted by molar-refractivity contribution is -0.384. The Kier molecular flexibility index (Phi) is 5.40. The third kappa shape index (κ3) is 3.72. The molecule has 1 saturated heterocycles. The van der Waals surface area contributed by atoms with Crippen molar-refractivity contribution in [3.8, 4) is 11.8 Å². The molecule has 2 aromatic carbocycles. The number of H-pyrrole nitrogens is 1. The van der Waals surface area contributed by atoms with E-state index in [2.05, 4.69) is 28.2 Å². The van der Waals surface area contributed by atoms with Gasteiger partial charge in [-0.25, -0.2) is 0 Å². The van der Waals surface area contributed by atoms with Crippen LogP contribution >= 0.6 is 0 Å². The van der Waals surface area contributed by atoms with Gasteiger partial charge in [-0.05, 0) is 42.5 Å². The number of nitriles is 1. The predicted octanol–water partition coefficient (Wildman–Crippen LogP) is 4.83. The van der Waals surface area contributed by atoms with Crippen molar-refractivity contribution in [3.63, 3.8) is 0 Å². The molecule has 0 bridgehead atoms. The second-order valence-electron chi connectivity index (χ2n) is 7.38. The normalized spacial score (nSPS) is 15.2. The molecular formula is C23H22N4O3. The minimum atomic E-state index is -0.412. The van der Waals surface area contributed by atoms with Crippen LogP contribution in [0.2, 0.25) is 0 Å². The maximum atomic E-state index is 11.1. The third-order valence-corrected chi connectivity index (χ3v) is 5.75. The number of piperidine rings is 1. The molecule has 1 aliphatic rings. The first kappa shape index (κ1) is 19.5. The van der Waals surface area contributed by atoms with Gasteiger partial charge in [0.05, 0.1) is 23.8 Å². The zero-order valence-corrected chi connectivity index (χ0v) is 16.7. The number of fused-ring (bicyclic) bond motifs is 1. The molecule has 0 amide bonds. The van der Waals surface area contributed by atoms with Crippen LogP contribution in [-0.2, 0) is 0 Å². The van der Waals surface area contributed by atoms with Crippen LogP contribution in [0, 0.1) is 21.4 Å². The molecule has 1 aliphatic heterocycles. The third-order valence-electron chi connectivity index (χ3n) is 5.75. The average Bonchev–Trinajstić information content (AvgIpc) is 3.21. The molecule has 1 aromatic heterocycles. The molecule has 1 fully saturated rings. The van der Waals surface area contributed by atoms with E-state index in [1.165, 1.54) is 29.2 Å². The van der Waals surface area contributed by atoms with Gasteiger partial charge in [-0.1, -0.05) is 12.1 Å². The molecule has 0 spiro atoms. The van der Waals surface area contributed by atoms with E-state index < -0.39 is 4.92 Å². The predicted molar refractivity (Wildman–Crippen MR) is 115 cm³/mol. The number of nitro groups is 1. The monoisotopic (exact) mass is 402 g/mol. The number of nitro benzene ring substituents is 1. The van der Waals surface area contributed by atoms with Crippen LogP contribution in [0.3, 0.4) is 0 Å². The number of nitrogens with zero attached hydrogens (tertiary/aromatic N) is 3. The minimum absolute atomic E-state index is 0.0268. The van der Waals surface area contributed by atoms with Gasteiger partial charge in [0.1, 0.15) is 5.75 Å². The highest BCUT2D eigenvalue weighted by Crippen LogP contribution is 2.36. The summed E-state index contributed by atoms with van der Waals surface area (Å²) in [5.74, 6) is 1.24. The van der Waals surface area contributed by atoms with Crippen LogP contribution in [0.25, 0.3) is 16.6 Å². The number of non-ortho nitro benzene ring substituents is 1. The number of benzene rings is 2. The summed E-state index contributed by atoms with van der Waals surface area (Å²) in [4.78, 5) is 16.2. The number of hydrogen-bond acceptors (Lipinski definition) is 5. The molecule has 0 aliphatic carbocycles. The smallest absolute Gasteiger partial charge is 0.270 e. The summed E-state index contributed by atoms with van der Waals surface area (Å²) in [5, 5.41) is 21.6. The topological polar surface area (TPSA) is 95.2 Å². The summed E-state index contributed by atoms with van der Waals surface area (Å²) < 4.78 is 5.38. The number of aromatic nitrogens is 1. The molecule has 152 valence electrons. The summed E-state index contributed by atoms with van der Waals surface area (Å²) in [6, 6.07) is 14.6. The first-order valence-electron chi connectivity index (χ1n) is 9.85. The van der Waals surface area contributed by atoms with Crippen molar-refractivity contribution in [2.75, 3.05) is 20.2 Å². The van der Waals surface area contributed by atoms with Gasteiger partial charge >= 0.3 is 0 Å². The summed E-state index contributed by atoms with van der Waals surface area (Å²) in [5.41, 5.74) is 3.83. The van der Waals surface area contributed by atoms with Crippen molar-refractivity contribution in [2.45, 2.75) is 18.8 Å². The van der Waals surface area contributed by atoms with Crippen LogP contribution in [0.4, 0.5) is 5.69 Å². The Morgan fingerprint density at radius 3 is 2.80 bits per heavy atom. The molecule has 4 rings (SSSR count). The molecule has 7 heteroatoms. The van der Waals surface area contributed by atoms with E-state index >= 15 is 0 Å². The fourth-order valence-electron chi connectivity index (χ4n) is 4.21. The summed E-state index contributed by atoms with van der Waals surface area (Å²) in [7, 11) is 1.67. The Balaban J connectivity index is 1.55. The molecule has 7 nitrogen and oxygen atoms in total. The molecule has 30 heavy (non-hydrogen) atoms. The lowest BCUT2D eigenvalue weighted by Crippen LogP contribution is -2.31. The van der Waals surface area contributed by atoms with Crippen molar-refractivity contribution in [1.82, 2.24) is 9.88 Å². The van der Waals surface area contributed by atoms with Gasteiger partial charge in [-0.15, -0.1) is 0 Å². The first-order chi connectivity index (χ1) is 14.6. The number of hydrogen-bond donors (Lipinski definition) is 1. The van der Waals surface area contributed by atoms with Crippen LogP contribution in [-0.4, -0.2) is 35.0 Å². The Bertz CT molecular complexity index is 1150. The average molecular weight is 402 g/mol. The highest BCUT2D eigenvalue weighted by molar-refractivity contribution is 5.85. The largest absolute Gasteiger partial charge is 0.497 e. The number of ether oxygens (including phenoxy) is 1. The second-order valence-corrected chi connectivity index (χ2v) is 7.38. The Labute approximate surface area is 174 Å². The van der Waals surface area contributed by atoms with Gasteiger partial charge in [0, 0.05) is 54.0 Å². The van der Waals surface area contributed by atoms with Crippen LogP contribution in [0.5, 0.6) is 5.75 Å². The van der Waals surface area contributed by atoms with Gasteiger partial charge in [-0.2, -0.15) is 5.26 Å². The number of aromatic amines is 1. The van der Waals surface area contributed by atoms with Crippen molar-refractivity contribution in [2.24, 2.45) is 0 Å². The molecule has 3 aromatic rings. The Morgan fingerprint density at radius 2 is 2.10 bits per heavy atom. The Morgan fingerprint density at radius 1 is 1.30 bits per heavy atom. The zero-order valence-electron chi connectivity index (χ0n) is 16.7. The van der Waals surface area contributed by atoms with E-state index in [0.717, 1.165) is 42.9 Å². The number of allylic oxidation sites excluding steroid dienone is 1. The Hall–Kier alpha value is -3.79. The van der Waals surface area contributed by atoms with Crippen LogP contribution < -0.4 is 4.74 Å². The van der Waals surface area contributed by atoms with Crippen molar-refractivity contribution in [3.05, 3.63) is 76.0 Å². The molecule has 0 atom stereocenters. The number of nitrogens with one attached hydrogen (secondary N) is 1. The number of likely N-dealkylation sites (tertiary alicyclic amines) is 1. The SMILES string of the molecule is COc1ccc2[nH]cc(C3CCN(C(=CC#N)c4cccc([N+](=O)[O-])c4)CC3)c2c1. The molecule has 0 unspecified atom stereocenters. The van der Waals surface area contributed by atoms with Gasteiger partial charge in [0.2, 0.25) is 0 Å². The highest BCUT2D eigenvalue weighted by Gasteiger charge is 2.25. The fraction of sp³-hybridized carbons (Fsp3) is 0.261. The number of rotatable bonds is 5. The fourth-order valence-corrected chi connectivity index (χ4v) is 4.21. The maximum absolute atomic E-state index is 11.1. The summed E-state index contributed by atoms with van der Waals surface area (Å²) >= 11 is 0. The first-order valence-corrected chi connectivity index (χ1v) is 9.85. The standard InChI is InChI=1S/C23H22N4O3/c1-30-19-5-6-22-20(14-19)21(15-25-22)16-8-11-26(12-9-16)23(7-10-24)17-3-2-4-18(13-17)27(28)29/h2-7,13-16,25H,8-9,11-12H2,1H3. The van der Waals surface area contributed by atoms with Crippen molar-refractivity contribution < 1.29 is 9.66 Å². The van der Waals surface area contributed by atoms with Crippen molar-refractivity contribution in [1.29, 1.82) is 5.26 Å². The zero-order chi connectivity index (χ0) is 21.1. The van der Waals surface area contributed by atoms with E-state index in [0.29, 0.717) is 11.5 Å². The molecule has 0 saturated carbocycles. The van der Waals surface area contributed by atoms with Crippen molar-refractivity contribution >= 4 is 22.3 Å². The lowest BCUT2D eigenvalue weighted by atomic mass is 9.88. The van der Waals surface area contributed by atoms with E-state index in [1.54, 1.807) is 13.2 Å². The summed E-state index contributed by atoms with van der Waals surface area (Å²) in [6.07, 6.45) is 5.43. The molecule has 0 radical (unpaired) electrons. The maximum Gasteiger partial charge on any atom is 0.270 e. The number of methoxy groups -OCH3 is 1. The van der Waals surface area contributed by atoms with Gasteiger partial charge in [0.25, 0.3) is 5.69 Å². The quantitative estimate of drug-likeness (QED) is 0.375. The molecule has 1 N–H and O–H groups in total. The highest BCUT2D eigenvalue weighted by atomic mass is 16.6. The van der Waals surface area contributed by atoms with E-state index in [1.807, 2.05) is 18.2 Å². The lowest BCUT2D eigenvalue weighted by Gasteiger charge is -2.35. The van der Waals surface area contributed by atoms with Gasteiger partial charge < -0.3 is 14.6 Å². The van der Waals surface area contributed by atoms with E-state index in [-0.39, 0.29) is 5.69 Å². The van der Waals surface area contributed by atoms with Gasteiger partial charge in [0.15, 0.2) is 0 Å². The van der Waals surface area contributed by atoms with E-state index in [4.69, 9.17) is 4.74 Å². The molecule has 2 heterocycles. The van der Waals surface area contributed by atoms with Gasteiger partial charge in [-0.3, -0.25) is 10.1 Å². The van der Waals surface area contributed by atoms with E-state index in [9.17, 15) is 15.4 Å². The second kappa shape index (κ2) is 8.29. The van der Waals surface area contributed by atoms with Crippen LogP contribution in [0.1, 0.15) is 29.9 Å². The van der Waals surface area contributed by atoms with Crippen LogP contribution in [0.15, 0.2) is 54.7 Å².